The molecule has 0 aromatic carbocycles. The molecule has 2 rings (SSSR count). The lowest BCUT2D eigenvalue weighted by molar-refractivity contribution is 0.120. The molecule has 0 spiro atoms. The Morgan fingerprint density at radius 2 is 2.00 bits per heavy atom. The average Bonchev–Trinajstić information content (AvgIpc) is 2.24. The van der Waals surface area contributed by atoms with Crippen LogP contribution in [-0.4, -0.2) is 10.9 Å². The molecule has 2 atom stereocenters. The van der Waals surface area contributed by atoms with E-state index in [4.69, 9.17) is 5.21 Å². The Morgan fingerprint density at radius 1 is 1.31 bits per heavy atom. The van der Waals surface area contributed by atoms with Crippen LogP contribution in [0.1, 0.15) is 46.5 Å². The zero-order valence-electron chi connectivity index (χ0n) is 8.80. The van der Waals surface area contributed by atoms with E-state index in [1.54, 1.807) is 0 Å². The van der Waals surface area contributed by atoms with Gasteiger partial charge >= 0.3 is 0 Å². The van der Waals surface area contributed by atoms with Crippen molar-refractivity contribution in [2.75, 3.05) is 0 Å². The molecule has 0 amide bonds. The van der Waals surface area contributed by atoms with Crippen LogP contribution >= 0.6 is 0 Å². The maximum absolute atomic E-state index is 9.00. The lowest BCUT2D eigenvalue weighted by Gasteiger charge is -2.46. The Bertz CT molecular complexity index is 257. The molecular weight excluding hydrogens is 162 g/mol. The first kappa shape index (κ1) is 9.04. The molecule has 2 nitrogen and oxygen atoms in total. The van der Waals surface area contributed by atoms with Gasteiger partial charge in [0.1, 0.15) is 0 Å². The van der Waals surface area contributed by atoms with E-state index in [0.717, 1.165) is 18.1 Å². The predicted molar refractivity (Wildman–Crippen MR) is 53.1 cm³/mol. The Labute approximate surface area is 80.0 Å². The molecule has 0 unspecified atom stereocenters. The minimum Gasteiger partial charge on any atom is -0.411 e. The fourth-order valence-corrected chi connectivity index (χ4v) is 3.36. The van der Waals surface area contributed by atoms with Crippen LogP contribution in [0.4, 0.5) is 0 Å². The molecule has 0 heterocycles. The maximum atomic E-state index is 9.00. The predicted octanol–water partition coefficient (Wildman–Crippen LogP) is 3.05. The molecular formula is C11H19NO. The lowest BCUT2D eigenvalue weighted by atomic mass is 9.58. The first-order chi connectivity index (χ1) is 6.02. The summed E-state index contributed by atoms with van der Waals surface area (Å²) in [5, 5.41) is 12.5. The molecule has 0 aromatic rings. The SMILES string of the molecule is CC1(C)[C@@H]2CCC(=NO)[C@]1(C)CC2. The third-order valence-corrected chi connectivity index (χ3v) is 4.92. The van der Waals surface area contributed by atoms with Crippen LogP contribution in [0.3, 0.4) is 0 Å². The zero-order chi connectivity index (χ0) is 9.69. The topological polar surface area (TPSA) is 32.6 Å². The quantitative estimate of drug-likeness (QED) is 0.452. The molecule has 0 saturated heterocycles. The second-order valence-electron chi connectivity index (χ2n) is 5.37. The summed E-state index contributed by atoms with van der Waals surface area (Å²) in [6.45, 7) is 6.92. The molecule has 0 aromatic heterocycles. The third kappa shape index (κ3) is 0.918. The molecule has 2 aliphatic rings. The molecule has 13 heavy (non-hydrogen) atoms. The lowest BCUT2D eigenvalue weighted by Crippen LogP contribution is -2.44. The first-order valence-corrected chi connectivity index (χ1v) is 5.24. The first-order valence-electron chi connectivity index (χ1n) is 5.24. The molecule has 2 saturated carbocycles. The van der Waals surface area contributed by atoms with Crippen molar-refractivity contribution >= 4 is 5.71 Å². The van der Waals surface area contributed by atoms with Crippen LogP contribution < -0.4 is 0 Å². The number of nitrogens with zero attached hydrogens (tertiary/aromatic N) is 1. The van der Waals surface area contributed by atoms with E-state index in [2.05, 4.69) is 25.9 Å². The van der Waals surface area contributed by atoms with Crippen LogP contribution in [0.5, 0.6) is 0 Å². The highest BCUT2D eigenvalue weighted by Gasteiger charge is 2.56. The molecule has 2 fully saturated rings. The minimum absolute atomic E-state index is 0.157. The van der Waals surface area contributed by atoms with E-state index < -0.39 is 0 Å². The van der Waals surface area contributed by atoms with Gasteiger partial charge in [-0.3, -0.25) is 0 Å². The summed E-state index contributed by atoms with van der Waals surface area (Å²) < 4.78 is 0. The number of fused-ring (bicyclic) bond motifs is 2. The highest BCUT2D eigenvalue weighted by molar-refractivity contribution is 5.91. The summed E-state index contributed by atoms with van der Waals surface area (Å²) in [6.07, 6.45) is 4.72. The van der Waals surface area contributed by atoms with Crippen LogP contribution in [-0.2, 0) is 0 Å². The second kappa shape index (κ2) is 2.49. The Balaban J connectivity index is 2.44. The highest BCUT2D eigenvalue weighted by Crippen LogP contribution is 2.61. The summed E-state index contributed by atoms with van der Waals surface area (Å²) >= 11 is 0. The average molecular weight is 181 g/mol. The molecule has 2 heteroatoms. The number of rotatable bonds is 0. The summed E-state index contributed by atoms with van der Waals surface area (Å²) in [7, 11) is 0. The smallest absolute Gasteiger partial charge is 0.0635 e. The normalized spacial score (nSPS) is 45.5. The Kier molecular flexibility index (Phi) is 1.73. The number of hydrogen-bond donors (Lipinski definition) is 1. The van der Waals surface area contributed by atoms with Crippen molar-refractivity contribution in [3.63, 3.8) is 0 Å². The van der Waals surface area contributed by atoms with Gasteiger partial charge in [-0.2, -0.15) is 0 Å². The maximum Gasteiger partial charge on any atom is 0.0635 e. The molecule has 0 aliphatic heterocycles. The summed E-state index contributed by atoms with van der Waals surface area (Å²) in [5.74, 6) is 0.836. The molecule has 74 valence electrons. The van der Waals surface area contributed by atoms with E-state index in [9.17, 15) is 0 Å². The van der Waals surface area contributed by atoms with Gasteiger partial charge in [0.25, 0.3) is 0 Å². The standard InChI is InChI=1S/C11H19NO/c1-10(2)8-4-5-9(12-13)11(10,3)7-6-8/h8,13H,4-7H2,1-3H3/t8-,11+/m1/s1. The van der Waals surface area contributed by atoms with Crippen LogP contribution in [0.15, 0.2) is 5.16 Å². The van der Waals surface area contributed by atoms with Gasteiger partial charge in [-0.25, -0.2) is 0 Å². The van der Waals surface area contributed by atoms with E-state index in [1.165, 1.54) is 19.3 Å². The fourth-order valence-electron chi connectivity index (χ4n) is 3.36. The van der Waals surface area contributed by atoms with Gasteiger partial charge in [-0.1, -0.05) is 25.9 Å². The van der Waals surface area contributed by atoms with Gasteiger partial charge in [0.2, 0.25) is 0 Å². The van der Waals surface area contributed by atoms with E-state index in [0.29, 0.717) is 5.41 Å². The van der Waals surface area contributed by atoms with Crippen molar-refractivity contribution in [2.24, 2.45) is 21.9 Å². The van der Waals surface area contributed by atoms with Crippen LogP contribution in [0.25, 0.3) is 0 Å². The fraction of sp³-hybridized carbons (Fsp3) is 0.909. The van der Waals surface area contributed by atoms with Gasteiger partial charge in [0.05, 0.1) is 5.71 Å². The largest absolute Gasteiger partial charge is 0.411 e. The summed E-state index contributed by atoms with van der Waals surface area (Å²) in [5.41, 5.74) is 1.52. The Hall–Kier alpha value is -0.530. The summed E-state index contributed by atoms with van der Waals surface area (Å²) in [6, 6.07) is 0. The van der Waals surface area contributed by atoms with E-state index >= 15 is 0 Å². The molecule has 1 N–H and O–H groups in total. The second-order valence-corrected chi connectivity index (χ2v) is 5.37. The van der Waals surface area contributed by atoms with Crippen molar-refractivity contribution in [2.45, 2.75) is 46.5 Å². The van der Waals surface area contributed by atoms with Crippen molar-refractivity contribution in [1.82, 2.24) is 0 Å². The van der Waals surface area contributed by atoms with Gasteiger partial charge < -0.3 is 5.21 Å². The van der Waals surface area contributed by atoms with Gasteiger partial charge in [-0.05, 0) is 37.0 Å². The van der Waals surface area contributed by atoms with Crippen molar-refractivity contribution in [3.8, 4) is 0 Å². The van der Waals surface area contributed by atoms with Crippen molar-refractivity contribution < 1.29 is 5.21 Å². The van der Waals surface area contributed by atoms with Gasteiger partial charge in [0.15, 0.2) is 0 Å². The Morgan fingerprint density at radius 3 is 2.62 bits per heavy atom. The molecule has 2 bridgehead atoms. The van der Waals surface area contributed by atoms with Gasteiger partial charge in [0, 0.05) is 5.41 Å². The van der Waals surface area contributed by atoms with E-state index in [1.807, 2.05) is 0 Å². The van der Waals surface area contributed by atoms with Crippen molar-refractivity contribution in [3.05, 3.63) is 0 Å². The van der Waals surface area contributed by atoms with Crippen LogP contribution in [0.2, 0.25) is 0 Å². The molecule has 0 radical (unpaired) electrons. The van der Waals surface area contributed by atoms with Crippen molar-refractivity contribution in [1.29, 1.82) is 0 Å². The van der Waals surface area contributed by atoms with E-state index in [-0.39, 0.29) is 5.41 Å². The van der Waals surface area contributed by atoms with Crippen LogP contribution in [0, 0.1) is 16.7 Å². The minimum atomic E-state index is 0.157. The summed E-state index contributed by atoms with van der Waals surface area (Å²) in [4.78, 5) is 0. The third-order valence-electron chi connectivity index (χ3n) is 4.92. The molecule has 2 aliphatic carbocycles. The zero-order valence-corrected chi connectivity index (χ0v) is 8.80. The highest BCUT2D eigenvalue weighted by atomic mass is 16.4. The number of oxime groups is 1. The monoisotopic (exact) mass is 181 g/mol. The number of hydrogen-bond acceptors (Lipinski definition) is 2. The van der Waals surface area contributed by atoms with Gasteiger partial charge in [-0.15, -0.1) is 0 Å².